The zero-order valence-electron chi connectivity index (χ0n) is 11.4. The van der Waals surface area contributed by atoms with Crippen molar-refractivity contribution < 1.29 is 14.3 Å². The summed E-state index contributed by atoms with van der Waals surface area (Å²) in [5.41, 5.74) is 2.35. The summed E-state index contributed by atoms with van der Waals surface area (Å²) >= 11 is 3.47. The van der Waals surface area contributed by atoms with Crippen LogP contribution in [0.15, 0.2) is 29.0 Å². The number of ketones is 1. The maximum Gasteiger partial charge on any atom is 0.216 e. The Morgan fingerprint density at radius 1 is 1.38 bits per heavy atom. The second kappa shape index (κ2) is 5.81. The van der Waals surface area contributed by atoms with Crippen molar-refractivity contribution in [3.8, 4) is 11.6 Å². The standard InChI is InChI=1S/C15H13BrN2O3/c1-20-14-7-12(17-8-18-14)13(19)6-10-5-11(16)4-9-2-3-21-15(9)10/h4-5,7-8H,2-3,6H2,1H3. The van der Waals surface area contributed by atoms with E-state index in [0.29, 0.717) is 18.2 Å². The Morgan fingerprint density at radius 3 is 3.05 bits per heavy atom. The number of carbonyl (C=O) groups is 1. The van der Waals surface area contributed by atoms with Gasteiger partial charge >= 0.3 is 0 Å². The van der Waals surface area contributed by atoms with Gasteiger partial charge in [0.05, 0.1) is 13.7 Å². The van der Waals surface area contributed by atoms with Gasteiger partial charge in [0.2, 0.25) is 5.88 Å². The van der Waals surface area contributed by atoms with Crippen molar-refractivity contribution >= 4 is 21.7 Å². The average molecular weight is 349 g/mol. The molecule has 1 aromatic carbocycles. The first-order chi connectivity index (χ1) is 10.2. The average Bonchev–Trinajstić information content (AvgIpc) is 2.95. The van der Waals surface area contributed by atoms with E-state index in [9.17, 15) is 4.79 Å². The lowest BCUT2D eigenvalue weighted by atomic mass is 10.0. The zero-order valence-corrected chi connectivity index (χ0v) is 13.0. The molecule has 5 nitrogen and oxygen atoms in total. The van der Waals surface area contributed by atoms with Crippen LogP contribution in [0.25, 0.3) is 0 Å². The molecule has 0 atom stereocenters. The van der Waals surface area contributed by atoms with Crippen LogP contribution in [0.4, 0.5) is 0 Å². The summed E-state index contributed by atoms with van der Waals surface area (Å²) in [5, 5.41) is 0. The van der Waals surface area contributed by atoms with Crippen molar-refractivity contribution in [3.05, 3.63) is 45.8 Å². The highest BCUT2D eigenvalue weighted by Gasteiger charge is 2.20. The van der Waals surface area contributed by atoms with Crippen LogP contribution in [0.5, 0.6) is 11.6 Å². The Bertz CT molecular complexity index is 703. The Kier molecular flexibility index (Phi) is 3.88. The van der Waals surface area contributed by atoms with Gasteiger partial charge in [-0.2, -0.15) is 0 Å². The highest BCUT2D eigenvalue weighted by Crippen LogP contribution is 2.33. The van der Waals surface area contributed by atoms with Crippen LogP contribution in [-0.4, -0.2) is 29.5 Å². The van der Waals surface area contributed by atoms with Crippen LogP contribution in [0.1, 0.15) is 21.6 Å². The molecule has 1 aliphatic heterocycles. The van der Waals surface area contributed by atoms with Crippen molar-refractivity contribution in [1.82, 2.24) is 9.97 Å². The third-order valence-electron chi connectivity index (χ3n) is 3.31. The number of aromatic nitrogens is 2. The number of Topliss-reactive ketones (excluding diaryl/α,β-unsaturated/α-hetero) is 1. The van der Waals surface area contributed by atoms with Crippen LogP contribution in [-0.2, 0) is 12.8 Å². The molecular weight excluding hydrogens is 336 g/mol. The number of rotatable bonds is 4. The summed E-state index contributed by atoms with van der Waals surface area (Å²) < 4.78 is 11.6. The van der Waals surface area contributed by atoms with Crippen LogP contribution in [0, 0.1) is 0 Å². The zero-order chi connectivity index (χ0) is 14.8. The molecule has 6 heteroatoms. The molecule has 2 heterocycles. The molecule has 0 fully saturated rings. The SMILES string of the molecule is COc1cc(C(=O)Cc2cc(Br)cc3c2OCC3)ncn1. The van der Waals surface area contributed by atoms with Crippen LogP contribution in [0.3, 0.4) is 0 Å². The molecule has 0 N–H and O–H groups in total. The van der Waals surface area contributed by atoms with E-state index in [1.54, 1.807) is 6.07 Å². The quantitative estimate of drug-likeness (QED) is 0.794. The Labute approximate surface area is 130 Å². The topological polar surface area (TPSA) is 61.3 Å². The number of halogens is 1. The molecule has 0 spiro atoms. The molecule has 0 saturated heterocycles. The van der Waals surface area contributed by atoms with Crippen molar-refractivity contribution in [3.63, 3.8) is 0 Å². The minimum Gasteiger partial charge on any atom is -0.493 e. The number of hydrogen-bond donors (Lipinski definition) is 0. The van der Waals surface area contributed by atoms with Crippen molar-refractivity contribution in [2.75, 3.05) is 13.7 Å². The molecular formula is C15H13BrN2O3. The highest BCUT2D eigenvalue weighted by molar-refractivity contribution is 9.10. The molecule has 1 aromatic heterocycles. The van der Waals surface area contributed by atoms with E-state index in [2.05, 4.69) is 25.9 Å². The van der Waals surface area contributed by atoms with Gasteiger partial charge in [-0.25, -0.2) is 9.97 Å². The monoisotopic (exact) mass is 348 g/mol. The summed E-state index contributed by atoms with van der Waals surface area (Å²) in [4.78, 5) is 20.3. The van der Waals surface area contributed by atoms with Gasteiger partial charge in [0.15, 0.2) is 5.78 Å². The largest absolute Gasteiger partial charge is 0.493 e. The molecule has 0 radical (unpaired) electrons. The van der Waals surface area contributed by atoms with Crippen LogP contribution >= 0.6 is 15.9 Å². The van der Waals surface area contributed by atoms with Gasteiger partial charge in [-0.1, -0.05) is 15.9 Å². The van der Waals surface area contributed by atoms with Crippen molar-refractivity contribution in [1.29, 1.82) is 0 Å². The first kappa shape index (κ1) is 14.0. The van der Waals surface area contributed by atoms with Gasteiger partial charge in [0.1, 0.15) is 17.8 Å². The molecule has 0 saturated carbocycles. The van der Waals surface area contributed by atoms with Gasteiger partial charge in [-0.05, 0) is 17.7 Å². The van der Waals surface area contributed by atoms with Crippen molar-refractivity contribution in [2.24, 2.45) is 0 Å². The fourth-order valence-corrected chi connectivity index (χ4v) is 2.90. The molecule has 0 bridgehead atoms. The lowest BCUT2D eigenvalue weighted by Crippen LogP contribution is -2.08. The minimum atomic E-state index is -0.0912. The van der Waals surface area contributed by atoms with Gasteiger partial charge in [-0.15, -0.1) is 0 Å². The second-order valence-electron chi connectivity index (χ2n) is 4.70. The normalized spacial score (nSPS) is 12.7. The fourth-order valence-electron chi connectivity index (χ4n) is 2.34. The van der Waals surface area contributed by atoms with Gasteiger partial charge in [-0.3, -0.25) is 4.79 Å². The van der Waals surface area contributed by atoms with E-state index in [0.717, 1.165) is 27.8 Å². The van der Waals surface area contributed by atoms with E-state index in [1.165, 1.54) is 13.4 Å². The van der Waals surface area contributed by atoms with E-state index < -0.39 is 0 Å². The summed E-state index contributed by atoms with van der Waals surface area (Å²) in [6.45, 7) is 0.661. The summed E-state index contributed by atoms with van der Waals surface area (Å²) in [6.07, 6.45) is 2.44. The number of nitrogens with zero attached hydrogens (tertiary/aromatic N) is 2. The lowest BCUT2D eigenvalue weighted by Gasteiger charge is -2.08. The maximum absolute atomic E-state index is 12.4. The Morgan fingerprint density at radius 2 is 2.24 bits per heavy atom. The van der Waals surface area contributed by atoms with Gasteiger partial charge < -0.3 is 9.47 Å². The minimum absolute atomic E-state index is 0.0912. The second-order valence-corrected chi connectivity index (χ2v) is 5.61. The number of benzene rings is 1. The van der Waals surface area contributed by atoms with E-state index in [1.807, 2.05) is 12.1 Å². The summed E-state index contributed by atoms with van der Waals surface area (Å²) in [7, 11) is 1.51. The molecule has 21 heavy (non-hydrogen) atoms. The third kappa shape index (κ3) is 2.90. The van der Waals surface area contributed by atoms with E-state index in [-0.39, 0.29) is 12.2 Å². The summed E-state index contributed by atoms with van der Waals surface area (Å²) in [6, 6.07) is 5.49. The fraction of sp³-hybridized carbons (Fsp3) is 0.267. The smallest absolute Gasteiger partial charge is 0.216 e. The number of ether oxygens (including phenoxy) is 2. The van der Waals surface area contributed by atoms with Gasteiger partial charge in [0, 0.05) is 28.9 Å². The first-order valence-electron chi connectivity index (χ1n) is 6.50. The van der Waals surface area contributed by atoms with E-state index in [4.69, 9.17) is 9.47 Å². The molecule has 0 unspecified atom stereocenters. The number of carbonyl (C=O) groups excluding carboxylic acids is 1. The third-order valence-corrected chi connectivity index (χ3v) is 3.77. The van der Waals surface area contributed by atoms with Crippen LogP contribution < -0.4 is 9.47 Å². The molecule has 3 rings (SSSR count). The number of fused-ring (bicyclic) bond motifs is 1. The molecule has 1 aliphatic rings. The highest BCUT2D eigenvalue weighted by atomic mass is 79.9. The van der Waals surface area contributed by atoms with Crippen LogP contribution in [0.2, 0.25) is 0 Å². The number of hydrogen-bond acceptors (Lipinski definition) is 5. The lowest BCUT2D eigenvalue weighted by molar-refractivity contribution is 0.0986. The predicted octanol–water partition coefficient (Wildman–Crippen LogP) is 2.61. The predicted molar refractivity (Wildman–Crippen MR) is 80.0 cm³/mol. The van der Waals surface area contributed by atoms with Gasteiger partial charge in [0.25, 0.3) is 0 Å². The molecule has 0 aliphatic carbocycles. The maximum atomic E-state index is 12.4. The van der Waals surface area contributed by atoms with E-state index >= 15 is 0 Å². The molecule has 108 valence electrons. The Hall–Kier alpha value is -1.95. The summed E-state index contributed by atoms with van der Waals surface area (Å²) in [5.74, 6) is 1.11. The molecule has 0 amide bonds. The first-order valence-corrected chi connectivity index (χ1v) is 7.30. The Balaban J connectivity index is 1.88. The molecule has 2 aromatic rings. The number of methoxy groups -OCH3 is 1. The van der Waals surface area contributed by atoms with Crippen molar-refractivity contribution in [2.45, 2.75) is 12.8 Å².